The fraction of sp³-hybridized carbons (Fsp3) is 0.286. The number of aromatic hydroxyl groups is 1. The van der Waals surface area contributed by atoms with Crippen molar-refractivity contribution in [3.8, 4) is 34.6 Å². The van der Waals surface area contributed by atoms with Crippen molar-refractivity contribution in [1.82, 2.24) is 24.3 Å². The number of hydrogen-bond donors (Lipinski definition) is 1. The highest BCUT2D eigenvalue weighted by atomic mass is 19.4. The lowest BCUT2D eigenvalue weighted by Gasteiger charge is -2.13. The van der Waals surface area contributed by atoms with Crippen LogP contribution in [0.2, 0.25) is 0 Å². The average molecular weight is 447 g/mol. The van der Waals surface area contributed by atoms with E-state index in [4.69, 9.17) is 9.47 Å². The molecule has 168 valence electrons. The first-order chi connectivity index (χ1) is 15.2. The van der Waals surface area contributed by atoms with Crippen molar-refractivity contribution in [3.63, 3.8) is 0 Å². The molecule has 0 aliphatic carbocycles. The second kappa shape index (κ2) is 8.06. The summed E-state index contributed by atoms with van der Waals surface area (Å²) in [5.41, 5.74) is 2.12. The maximum atomic E-state index is 12.6. The highest BCUT2D eigenvalue weighted by molar-refractivity contribution is 5.90. The minimum Gasteiger partial charge on any atom is -0.494 e. The summed E-state index contributed by atoms with van der Waals surface area (Å²) in [6, 6.07) is 4.88. The van der Waals surface area contributed by atoms with Gasteiger partial charge in [0.2, 0.25) is 5.88 Å². The molecular weight excluding hydrogens is 427 g/mol. The highest BCUT2D eigenvalue weighted by Gasteiger charge is 2.29. The van der Waals surface area contributed by atoms with Crippen LogP contribution < -0.4 is 9.47 Å². The lowest BCUT2D eigenvalue weighted by molar-refractivity contribution is -0.153. The summed E-state index contributed by atoms with van der Waals surface area (Å²) in [6.07, 6.45) is 0.394. The zero-order valence-corrected chi connectivity index (χ0v) is 17.5. The molecule has 0 bridgehead atoms. The van der Waals surface area contributed by atoms with Crippen LogP contribution in [0.5, 0.6) is 17.5 Å². The summed E-state index contributed by atoms with van der Waals surface area (Å²) >= 11 is 0. The number of nitrogens with zero attached hydrogens (tertiary/aromatic N) is 5. The molecule has 8 nitrogen and oxygen atoms in total. The third-order valence-electron chi connectivity index (χ3n) is 4.84. The van der Waals surface area contributed by atoms with Gasteiger partial charge in [0.15, 0.2) is 18.2 Å². The normalized spacial score (nSPS) is 11.8. The van der Waals surface area contributed by atoms with Gasteiger partial charge >= 0.3 is 6.18 Å². The zero-order valence-electron chi connectivity index (χ0n) is 17.5. The van der Waals surface area contributed by atoms with Gasteiger partial charge in [-0.2, -0.15) is 18.3 Å². The number of ether oxygens (including phenoxy) is 2. The van der Waals surface area contributed by atoms with Gasteiger partial charge in [-0.05, 0) is 31.5 Å². The van der Waals surface area contributed by atoms with Crippen LogP contribution in [-0.2, 0) is 6.54 Å². The molecule has 4 rings (SSSR count). The Morgan fingerprint density at radius 2 is 2.00 bits per heavy atom. The van der Waals surface area contributed by atoms with E-state index in [0.717, 1.165) is 5.56 Å². The van der Waals surface area contributed by atoms with Gasteiger partial charge < -0.3 is 14.6 Å². The number of alkyl halides is 3. The van der Waals surface area contributed by atoms with Gasteiger partial charge in [0.1, 0.15) is 0 Å². The van der Waals surface area contributed by atoms with Crippen molar-refractivity contribution in [2.75, 3.05) is 13.7 Å². The molecular formula is C21H20F3N5O3. The Balaban J connectivity index is 1.76. The van der Waals surface area contributed by atoms with E-state index in [1.54, 1.807) is 36.1 Å². The quantitative estimate of drug-likeness (QED) is 0.475. The number of fused-ring (bicyclic) bond motifs is 1. The van der Waals surface area contributed by atoms with Crippen LogP contribution in [0.15, 0.2) is 36.8 Å². The molecule has 32 heavy (non-hydrogen) atoms. The number of pyridine rings is 2. The molecule has 1 N–H and O–H groups in total. The largest absolute Gasteiger partial charge is 0.494 e. The minimum atomic E-state index is -4.50. The van der Waals surface area contributed by atoms with E-state index >= 15 is 0 Å². The van der Waals surface area contributed by atoms with Crippen LogP contribution >= 0.6 is 0 Å². The van der Waals surface area contributed by atoms with Gasteiger partial charge in [0.05, 0.1) is 23.7 Å². The number of methoxy groups -OCH3 is 1. The molecule has 0 aromatic carbocycles. The molecule has 0 saturated heterocycles. The molecule has 4 aromatic heterocycles. The molecule has 11 heteroatoms. The Labute approximate surface area is 180 Å². The predicted molar refractivity (Wildman–Crippen MR) is 110 cm³/mol. The molecule has 0 unspecified atom stereocenters. The molecule has 0 amide bonds. The van der Waals surface area contributed by atoms with Crippen molar-refractivity contribution in [2.45, 2.75) is 26.6 Å². The molecule has 4 aromatic rings. The number of rotatable bonds is 6. The Bertz CT molecular complexity index is 1280. The lowest BCUT2D eigenvalue weighted by atomic mass is 10.1. The van der Waals surface area contributed by atoms with Gasteiger partial charge in [-0.1, -0.05) is 0 Å². The summed E-state index contributed by atoms with van der Waals surface area (Å²) in [4.78, 5) is 8.62. The van der Waals surface area contributed by atoms with E-state index in [0.29, 0.717) is 34.5 Å². The summed E-state index contributed by atoms with van der Waals surface area (Å²) in [5, 5.41) is 15.7. The van der Waals surface area contributed by atoms with Gasteiger partial charge in [-0.25, -0.2) is 9.97 Å². The predicted octanol–water partition coefficient (Wildman–Crippen LogP) is 4.27. The molecule has 0 aliphatic heterocycles. The minimum absolute atomic E-state index is 0.0000384. The molecule has 4 heterocycles. The maximum absolute atomic E-state index is 12.6. The van der Waals surface area contributed by atoms with Crippen LogP contribution in [-0.4, -0.2) is 49.3 Å². The van der Waals surface area contributed by atoms with E-state index in [-0.39, 0.29) is 17.5 Å². The molecule has 0 atom stereocenters. The summed E-state index contributed by atoms with van der Waals surface area (Å²) in [7, 11) is 1.29. The fourth-order valence-corrected chi connectivity index (χ4v) is 3.35. The molecule has 0 aliphatic rings. The van der Waals surface area contributed by atoms with E-state index in [9.17, 15) is 18.3 Å². The molecule has 0 saturated carbocycles. The Kier molecular flexibility index (Phi) is 5.41. The van der Waals surface area contributed by atoms with Gasteiger partial charge in [-0.15, -0.1) is 0 Å². The van der Waals surface area contributed by atoms with Gasteiger partial charge in [-0.3, -0.25) is 9.25 Å². The van der Waals surface area contributed by atoms with Crippen molar-refractivity contribution in [1.29, 1.82) is 0 Å². The first kappa shape index (κ1) is 21.5. The fourth-order valence-electron chi connectivity index (χ4n) is 3.35. The van der Waals surface area contributed by atoms with Crippen molar-refractivity contribution >= 4 is 10.9 Å². The van der Waals surface area contributed by atoms with Crippen LogP contribution in [0.25, 0.3) is 28.0 Å². The van der Waals surface area contributed by atoms with Gasteiger partial charge in [0.25, 0.3) is 5.88 Å². The number of hydrogen-bond acceptors (Lipinski definition) is 6. The monoisotopic (exact) mass is 447 g/mol. The molecule has 0 spiro atoms. The lowest BCUT2D eigenvalue weighted by Crippen LogP contribution is -2.19. The van der Waals surface area contributed by atoms with Crippen LogP contribution in [0.3, 0.4) is 0 Å². The summed E-state index contributed by atoms with van der Waals surface area (Å²) < 4.78 is 50.9. The third kappa shape index (κ3) is 4.05. The number of aryl methyl sites for hydroxylation is 2. The topological polar surface area (TPSA) is 87.2 Å². The highest BCUT2D eigenvalue weighted by Crippen LogP contribution is 2.35. The molecule has 0 radical (unpaired) electrons. The van der Waals surface area contributed by atoms with Crippen molar-refractivity contribution < 1.29 is 27.8 Å². The van der Waals surface area contributed by atoms with Crippen LogP contribution in [0.1, 0.15) is 12.5 Å². The average Bonchev–Trinajstić information content (AvgIpc) is 3.36. The summed E-state index contributed by atoms with van der Waals surface area (Å²) in [6.45, 7) is 2.98. The van der Waals surface area contributed by atoms with E-state index in [2.05, 4.69) is 15.1 Å². The first-order valence-corrected chi connectivity index (χ1v) is 9.69. The second-order valence-electron chi connectivity index (χ2n) is 7.07. The van der Waals surface area contributed by atoms with E-state index < -0.39 is 12.8 Å². The Morgan fingerprint density at radius 3 is 2.66 bits per heavy atom. The van der Waals surface area contributed by atoms with Gasteiger partial charge in [0, 0.05) is 36.8 Å². The first-order valence-electron chi connectivity index (χ1n) is 9.69. The molecule has 0 fully saturated rings. The van der Waals surface area contributed by atoms with E-state index in [1.807, 2.05) is 6.92 Å². The number of aromatic nitrogens is 5. The van der Waals surface area contributed by atoms with Crippen LogP contribution in [0, 0.1) is 6.92 Å². The number of halogens is 3. The maximum Gasteiger partial charge on any atom is 0.422 e. The zero-order chi connectivity index (χ0) is 23.0. The Morgan fingerprint density at radius 1 is 1.22 bits per heavy atom. The Hall–Kier alpha value is -3.76. The van der Waals surface area contributed by atoms with Crippen molar-refractivity contribution in [2.24, 2.45) is 0 Å². The standard InChI is InChI=1S/C21H20F3N5O3/c1-4-28-6-5-17(27-28)29-10-15-18(20(29)30)12(2)7-14(26-15)13-8-16(19(31-3)25-9-13)32-11-21(22,23)24/h5-10,30H,4,11H2,1-3H3. The van der Waals surface area contributed by atoms with Crippen molar-refractivity contribution in [3.05, 3.63) is 42.4 Å². The third-order valence-corrected chi connectivity index (χ3v) is 4.84. The second-order valence-corrected chi connectivity index (χ2v) is 7.07. The van der Waals surface area contributed by atoms with Crippen LogP contribution in [0.4, 0.5) is 13.2 Å². The smallest absolute Gasteiger partial charge is 0.422 e. The summed E-state index contributed by atoms with van der Waals surface area (Å²) in [5.74, 6) is 0.329. The van der Waals surface area contributed by atoms with E-state index in [1.165, 1.54) is 23.9 Å². The SMILES string of the molecule is CCn1ccc(-n2cc3nc(-c4cnc(OC)c(OCC(F)(F)F)c4)cc(C)c3c2O)n1.